The van der Waals surface area contributed by atoms with Crippen LogP contribution in [0.3, 0.4) is 0 Å². The SMILES string of the molecule is Nc1cc(C[C@H](NS(=O)(=O)c2cccc(C(F)(F)F)c2)C(=O)O)ccc1OCCCCNC1=NCCCN1. The lowest BCUT2D eigenvalue weighted by Gasteiger charge is -2.17. The molecule has 0 bridgehead atoms. The van der Waals surface area contributed by atoms with Gasteiger partial charge in [0, 0.05) is 19.6 Å². The fourth-order valence-electron chi connectivity index (χ4n) is 3.63. The Morgan fingerprint density at radius 3 is 2.66 bits per heavy atom. The summed E-state index contributed by atoms with van der Waals surface area (Å²) in [7, 11) is -4.56. The maximum absolute atomic E-state index is 13.0. The molecule has 6 N–H and O–H groups in total. The predicted octanol–water partition coefficient (Wildman–Crippen LogP) is 2.36. The van der Waals surface area contributed by atoms with E-state index >= 15 is 0 Å². The molecule has 10 nitrogen and oxygen atoms in total. The predicted molar refractivity (Wildman–Crippen MR) is 135 cm³/mol. The highest BCUT2D eigenvalue weighted by molar-refractivity contribution is 7.89. The number of anilines is 1. The van der Waals surface area contributed by atoms with Crippen LogP contribution in [0, 0.1) is 0 Å². The van der Waals surface area contributed by atoms with Crippen LogP contribution in [0.2, 0.25) is 0 Å². The molecule has 2 aromatic carbocycles. The highest BCUT2D eigenvalue weighted by Crippen LogP contribution is 2.30. The van der Waals surface area contributed by atoms with E-state index in [1.54, 1.807) is 12.1 Å². The van der Waals surface area contributed by atoms with E-state index in [2.05, 4.69) is 15.6 Å². The topological polar surface area (TPSA) is 155 Å². The molecule has 208 valence electrons. The number of carbonyl (C=O) groups is 1. The third-order valence-electron chi connectivity index (χ3n) is 5.60. The second-order valence-corrected chi connectivity index (χ2v) is 10.3. The molecular weight excluding hydrogens is 527 g/mol. The standard InChI is InChI=1S/C24H30F3N5O5S/c25-24(26,27)17-5-3-6-18(15-17)38(35,36)32-20(22(33)34)14-16-7-8-21(19(28)13-16)37-12-2-1-9-29-23-30-10-4-11-31-23/h3,5-8,13,15,20,32H,1-2,4,9-12,14,28H2,(H,33,34)(H2,29,30,31)/t20-/m0/s1. The summed E-state index contributed by atoms with van der Waals surface area (Å²) in [5.41, 5.74) is 5.51. The smallest absolute Gasteiger partial charge is 0.416 e. The Balaban J connectivity index is 1.55. The minimum atomic E-state index is -4.75. The molecule has 1 aliphatic rings. The number of aliphatic carboxylic acids is 1. The van der Waals surface area contributed by atoms with Crippen LogP contribution in [-0.2, 0) is 27.4 Å². The van der Waals surface area contributed by atoms with Gasteiger partial charge < -0.3 is 26.2 Å². The summed E-state index contributed by atoms with van der Waals surface area (Å²) in [6, 6.07) is 6.00. The number of carboxylic acids is 1. The Morgan fingerprint density at radius 1 is 1.21 bits per heavy atom. The van der Waals surface area contributed by atoms with Gasteiger partial charge in [-0.1, -0.05) is 12.1 Å². The number of nitrogens with two attached hydrogens (primary N) is 1. The summed E-state index contributed by atoms with van der Waals surface area (Å²) in [5.74, 6) is -0.298. The van der Waals surface area contributed by atoms with Crippen molar-refractivity contribution in [2.75, 3.05) is 32.0 Å². The number of guanidine groups is 1. The van der Waals surface area contributed by atoms with Crippen LogP contribution < -0.4 is 25.8 Å². The Kier molecular flexibility index (Phi) is 9.80. The summed E-state index contributed by atoms with van der Waals surface area (Å²) in [6.07, 6.45) is -2.43. The Bertz CT molecular complexity index is 1250. The van der Waals surface area contributed by atoms with E-state index in [-0.39, 0.29) is 12.1 Å². The number of nitrogens with zero attached hydrogens (tertiary/aromatic N) is 1. The number of unbranched alkanes of at least 4 members (excludes halogenated alkanes) is 1. The lowest BCUT2D eigenvalue weighted by atomic mass is 10.1. The zero-order valence-electron chi connectivity index (χ0n) is 20.4. The summed E-state index contributed by atoms with van der Waals surface area (Å²) in [6.45, 7) is 2.85. The average molecular weight is 558 g/mol. The molecule has 0 spiro atoms. The van der Waals surface area contributed by atoms with Crippen LogP contribution in [0.4, 0.5) is 18.9 Å². The zero-order valence-corrected chi connectivity index (χ0v) is 21.2. The number of nitrogen functional groups attached to an aromatic ring is 1. The third kappa shape index (κ3) is 8.52. The minimum Gasteiger partial charge on any atom is -0.491 e. The molecule has 1 aliphatic heterocycles. The molecule has 2 aromatic rings. The Morgan fingerprint density at radius 2 is 2.00 bits per heavy atom. The number of rotatable bonds is 12. The summed E-state index contributed by atoms with van der Waals surface area (Å²) in [4.78, 5) is 15.4. The van der Waals surface area contributed by atoms with Crippen molar-refractivity contribution in [1.82, 2.24) is 15.4 Å². The quantitative estimate of drug-likeness (QED) is 0.197. The van der Waals surface area contributed by atoms with E-state index in [4.69, 9.17) is 10.5 Å². The van der Waals surface area contributed by atoms with Gasteiger partial charge >= 0.3 is 12.1 Å². The number of ether oxygens (including phenoxy) is 1. The zero-order chi connectivity index (χ0) is 27.8. The number of hydrogen-bond acceptors (Lipinski definition) is 8. The molecule has 0 unspecified atom stereocenters. The second kappa shape index (κ2) is 12.8. The van der Waals surface area contributed by atoms with Crippen molar-refractivity contribution in [2.24, 2.45) is 4.99 Å². The summed E-state index contributed by atoms with van der Waals surface area (Å²) in [5, 5.41) is 15.9. The molecule has 0 radical (unpaired) electrons. The fourth-order valence-corrected chi connectivity index (χ4v) is 4.87. The van der Waals surface area contributed by atoms with Gasteiger partial charge in [-0.15, -0.1) is 0 Å². The van der Waals surface area contributed by atoms with E-state index in [0.717, 1.165) is 63.1 Å². The largest absolute Gasteiger partial charge is 0.491 e. The normalized spacial score (nSPS) is 14.8. The first kappa shape index (κ1) is 29.0. The van der Waals surface area contributed by atoms with E-state index in [0.29, 0.717) is 24.0 Å². The van der Waals surface area contributed by atoms with Gasteiger partial charge in [-0.05, 0) is 61.6 Å². The Labute approximate surface area is 218 Å². The van der Waals surface area contributed by atoms with Crippen LogP contribution in [-0.4, -0.2) is 57.7 Å². The molecule has 3 rings (SSSR count). The van der Waals surface area contributed by atoms with E-state index in [9.17, 15) is 31.5 Å². The first-order valence-corrected chi connectivity index (χ1v) is 13.4. The fraction of sp³-hybridized carbons (Fsp3) is 0.417. The summed E-state index contributed by atoms with van der Waals surface area (Å²) < 4.78 is 71.8. The van der Waals surface area contributed by atoms with Crippen molar-refractivity contribution < 1.29 is 36.2 Å². The van der Waals surface area contributed by atoms with E-state index in [1.165, 1.54) is 6.07 Å². The molecule has 0 aromatic heterocycles. The number of alkyl halides is 3. The van der Waals surface area contributed by atoms with Crippen LogP contribution in [0.5, 0.6) is 5.75 Å². The average Bonchev–Trinajstić information content (AvgIpc) is 2.87. The van der Waals surface area contributed by atoms with E-state index in [1.807, 2.05) is 4.72 Å². The van der Waals surface area contributed by atoms with Crippen LogP contribution >= 0.6 is 0 Å². The number of halogens is 3. The second-order valence-electron chi connectivity index (χ2n) is 8.61. The summed E-state index contributed by atoms with van der Waals surface area (Å²) >= 11 is 0. The third-order valence-corrected chi connectivity index (χ3v) is 7.07. The van der Waals surface area contributed by atoms with Gasteiger partial charge in [-0.25, -0.2) is 8.42 Å². The van der Waals surface area contributed by atoms with Crippen molar-refractivity contribution >= 4 is 27.6 Å². The van der Waals surface area contributed by atoms with Crippen molar-refractivity contribution in [2.45, 2.75) is 42.8 Å². The minimum absolute atomic E-state index is 0.242. The first-order chi connectivity index (χ1) is 18.0. The van der Waals surface area contributed by atoms with E-state index < -0.39 is 38.7 Å². The van der Waals surface area contributed by atoms with Crippen molar-refractivity contribution in [1.29, 1.82) is 0 Å². The van der Waals surface area contributed by atoms with Crippen molar-refractivity contribution in [3.05, 3.63) is 53.6 Å². The highest BCUT2D eigenvalue weighted by atomic mass is 32.2. The van der Waals surface area contributed by atoms with Crippen LogP contribution in [0.25, 0.3) is 0 Å². The first-order valence-electron chi connectivity index (χ1n) is 11.9. The molecule has 0 amide bonds. The molecule has 0 aliphatic carbocycles. The van der Waals surface area contributed by atoms with Gasteiger partial charge in [0.15, 0.2) is 5.96 Å². The highest BCUT2D eigenvalue weighted by Gasteiger charge is 2.32. The number of hydrogen-bond donors (Lipinski definition) is 5. The lowest BCUT2D eigenvalue weighted by molar-refractivity contribution is -0.139. The van der Waals surface area contributed by atoms with Crippen LogP contribution in [0.15, 0.2) is 52.4 Å². The molecular formula is C24H30F3N5O5S. The maximum Gasteiger partial charge on any atom is 0.416 e. The van der Waals surface area contributed by atoms with Crippen molar-refractivity contribution in [3.63, 3.8) is 0 Å². The van der Waals surface area contributed by atoms with Crippen molar-refractivity contribution in [3.8, 4) is 5.75 Å². The molecule has 1 heterocycles. The molecule has 38 heavy (non-hydrogen) atoms. The molecule has 0 saturated carbocycles. The molecule has 0 saturated heterocycles. The number of sulfonamides is 1. The monoisotopic (exact) mass is 557 g/mol. The van der Waals surface area contributed by atoms with Gasteiger partial charge in [0.25, 0.3) is 0 Å². The number of nitrogens with one attached hydrogen (secondary N) is 3. The van der Waals surface area contributed by atoms with Gasteiger partial charge in [-0.3, -0.25) is 9.79 Å². The lowest BCUT2D eigenvalue weighted by Crippen LogP contribution is -2.42. The number of aliphatic imine (C=N–C) groups is 1. The molecule has 0 fully saturated rings. The van der Waals surface area contributed by atoms with Gasteiger partial charge in [0.2, 0.25) is 10.0 Å². The van der Waals surface area contributed by atoms with Gasteiger partial charge in [-0.2, -0.15) is 17.9 Å². The van der Waals surface area contributed by atoms with Gasteiger partial charge in [0.05, 0.1) is 22.8 Å². The van der Waals surface area contributed by atoms with Gasteiger partial charge in [0.1, 0.15) is 11.8 Å². The number of carboxylic acid groups (broad SMARTS) is 1. The maximum atomic E-state index is 13.0. The molecule has 14 heteroatoms. The Hall–Kier alpha value is -3.52. The van der Waals surface area contributed by atoms with Crippen LogP contribution in [0.1, 0.15) is 30.4 Å². The molecule has 1 atom stereocenters. The number of benzene rings is 2.